The van der Waals surface area contributed by atoms with Gasteiger partial charge < -0.3 is 0 Å². The zero-order valence-corrected chi connectivity index (χ0v) is 17.4. The van der Waals surface area contributed by atoms with Crippen molar-refractivity contribution in [2.45, 2.75) is 13.0 Å². The highest BCUT2D eigenvalue weighted by Crippen LogP contribution is 2.27. The number of carbonyl (C=O) groups excluding carboxylic acids is 1. The number of benzene rings is 2. The number of hydrogen-bond donors (Lipinski definition) is 1. The fourth-order valence-corrected chi connectivity index (χ4v) is 4.71. The van der Waals surface area contributed by atoms with Crippen molar-refractivity contribution in [3.8, 4) is 10.6 Å². The Morgan fingerprint density at radius 2 is 1.86 bits per heavy atom. The predicted molar refractivity (Wildman–Crippen MR) is 112 cm³/mol. The van der Waals surface area contributed by atoms with Crippen molar-refractivity contribution < 1.29 is 13.2 Å². The van der Waals surface area contributed by atoms with Crippen LogP contribution in [-0.4, -0.2) is 36.8 Å². The Balaban J connectivity index is 1.82. The van der Waals surface area contributed by atoms with E-state index in [9.17, 15) is 13.2 Å². The Hall–Kier alpha value is -2.49. The number of amides is 1. The van der Waals surface area contributed by atoms with E-state index in [2.05, 4.69) is 15.5 Å². The molecule has 0 saturated carbocycles. The summed E-state index contributed by atoms with van der Waals surface area (Å²) >= 11 is 7.18. The molecule has 0 bridgehead atoms. The molecule has 146 valence electrons. The van der Waals surface area contributed by atoms with Crippen LogP contribution < -0.4 is 9.62 Å². The molecule has 2 aromatic carbocycles. The summed E-state index contributed by atoms with van der Waals surface area (Å²) in [4.78, 5) is 12.7. The summed E-state index contributed by atoms with van der Waals surface area (Å²) in [7, 11) is -3.73. The topological polar surface area (TPSA) is 92.3 Å². The molecular weight excluding hydrogens is 420 g/mol. The molecule has 0 aliphatic heterocycles. The molecule has 10 heteroatoms. The van der Waals surface area contributed by atoms with Crippen molar-refractivity contribution in [3.05, 3.63) is 59.6 Å². The van der Waals surface area contributed by atoms with Crippen LogP contribution in [-0.2, 0) is 14.8 Å². The van der Waals surface area contributed by atoms with Gasteiger partial charge in [0.1, 0.15) is 11.0 Å². The summed E-state index contributed by atoms with van der Waals surface area (Å²) in [6, 6.07) is 14.7. The molecule has 3 aromatic rings. The zero-order valence-electron chi connectivity index (χ0n) is 15.0. The SMILES string of the molecule is C[C@H](C(=O)Nc1nnc(-c2ccccc2)s1)N(c1cccc(Cl)c1)S(C)(=O)=O. The average molecular weight is 437 g/mol. The Morgan fingerprint density at radius 3 is 2.50 bits per heavy atom. The number of halogens is 1. The molecule has 0 unspecified atom stereocenters. The molecule has 0 fully saturated rings. The molecule has 0 aliphatic rings. The van der Waals surface area contributed by atoms with Gasteiger partial charge in [-0.15, -0.1) is 10.2 Å². The van der Waals surface area contributed by atoms with Crippen molar-refractivity contribution >= 4 is 49.7 Å². The van der Waals surface area contributed by atoms with Gasteiger partial charge in [0.15, 0.2) is 0 Å². The summed E-state index contributed by atoms with van der Waals surface area (Å²) in [5.41, 5.74) is 1.19. The van der Waals surface area contributed by atoms with Crippen molar-refractivity contribution in [1.82, 2.24) is 10.2 Å². The number of hydrogen-bond acceptors (Lipinski definition) is 6. The minimum absolute atomic E-state index is 0.287. The van der Waals surface area contributed by atoms with Crippen LogP contribution in [0.4, 0.5) is 10.8 Å². The van der Waals surface area contributed by atoms with Crippen molar-refractivity contribution in [1.29, 1.82) is 0 Å². The molecule has 28 heavy (non-hydrogen) atoms. The Kier molecular flexibility index (Phi) is 5.97. The van der Waals surface area contributed by atoms with Gasteiger partial charge in [0.2, 0.25) is 21.1 Å². The minimum atomic E-state index is -3.73. The van der Waals surface area contributed by atoms with Gasteiger partial charge >= 0.3 is 0 Å². The Labute approximate surface area is 172 Å². The average Bonchev–Trinajstić information content (AvgIpc) is 3.10. The van der Waals surface area contributed by atoms with Crippen LogP contribution >= 0.6 is 22.9 Å². The zero-order chi connectivity index (χ0) is 20.3. The number of aromatic nitrogens is 2. The van der Waals surface area contributed by atoms with E-state index in [1.54, 1.807) is 18.2 Å². The summed E-state index contributed by atoms with van der Waals surface area (Å²) in [5.74, 6) is -0.527. The summed E-state index contributed by atoms with van der Waals surface area (Å²) in [6.45, 7) is 1.50. The van der Waals surface area contributed by atoms with Crippen LogP contribution in [0.2, 0.25) is 5.02 Å². The number of carbonyl (C=O) groups is 1. The fraction of sp³-hybridized carbons (Fsp3) is 0.167. The fourth-order valence-electron chi connectivity index (χ4n) is 2.60. The van der Waals surface area contributed by atoms with Crippen LogP contribution in [0.25, 0.3) is 10.6 Å². The van der Waals surface area contributed by atoms with Gasteiger partial charge in [0.05, 0.1) is 11.9 Å². The second-order valence-corrected chi connectivity index (χ2v) is 9.26. The molecule has 1 atom stereocenters. The van der Waals surface area contributed by atoms with Crippen LogP contribution in [0.3, 0.4) is 0 Å². The summed E-state index contributed by atoms with van der Waals surface area (Å²) in [5, 5.41) is 12.0. The summed E-state index contributed by atoms with van der Waals surface area (Å²) < 4.78 is 25.6. The standard InChI is InChI=1S/C18H17ClN4O3S2/c1-12(23(28(2,25)26)15-10-6-9-14(19)11-15)16(24)20-18-22-21-17(27-18)13-7-4-3-5-8-13/h3-12H,1-2H3,(H,20,22,24)/t12-/m1/s1. The third kappa shape index (κ3) is 4.67. The van der Waals surface area contributed by atoms with Crippen LogP contribution in [0, 0.1) is 0 Å². The first kappa shape index (κ1) is 20.2. The number of sulfonamides is 1. The van der Waals surface area contributed by atoms with Gasteiger partial charge in [0, 0.05) is 10.6 Å². The lowest BCUT2D eigenvalue weighted by Gasteiger charge is -2.27. The monoisotopic (exact) mass is 436 g/mol. The van der Waals surface area contributed by atoms with Crippen molar-refractivity contribution in [3.63, 3.8) is 0 Å². The second-order valence-electron chi connectivity index (χ2n) is 5.98. The first-order chi connectivity index (χ1) is 13.3. The predicted octanol–water partition coefficient (Wildman–Crippen LogP) is 3.65. The highest BCUT2D eigenvalue weighted by Gasteiger charge is 2.30. The largest absolute Gasteiger partial charge is 0.299 e. The molecule has 3 rings (SSSR count). The number of anilines is 2. The molecule has 1 amide bonds. The summed E-state index contributed by atoms with van der Waals surface area (Å²) in [6.07, 6.45) is 1.04. The van der Waals surface area contributed by atoms with Crippen LogP contribution in [0.5, 0.6) is 0 Å². The number of nitrogens with one attached hydrogen (secondary N) is 1. The van der Waals surface area contributed by atoms with Crippen molar-refractivity contribution in [2.24, 2.45) is 0 Å². The minimum Gasteiger partial charge on any atom is -0.299 e. The number of rotatable bonds is 6. The van der Waals surface area contributed by atoms with Gasteiger partial charge in [-0.3, -0.25) is 14.4 Å². The molecule has 1 aromatic heterocycles. The van der Waals surface area contributed by atoms with E-state index in [4.69, 9.17) is 11.6 Å². The van der Waals surface area contributed by atoms with Gasteiger partial charge in [-0.05, 0) is 25.1 Å². The molecule has 1 heterocycles. The maximum Gasteiger partial charge on any atom is 0.249 e. The highest BCUT2D eigenvalue weighted by molar-refractivity contribution is 7.92. The number of nitrogens with zero attached hydrogens (tertiary/aromatic N) is 3. The van der Waals surface area contributed by atoms with Gasteiger partial charge in [0.25, 0.3) is 0 Å². The van der Waals surface area contributed by atoms with E-state index in [-0.39, 0.29) is 5.13 Å². The maximum absolute atomic E-state index is 12.7. The molecule has 1 N–H and O–H groups in total. The Bertz CT molecular complexity index is 1090. The molecule has 0 aliphatic carbocycles. The molecule has 0 spiro atoms. The van der Waals surface area contributed by atoms with Crippen LogP contribution in [0.15, 0.2) is 54.6 Å². The molecular formula is C18H17ClN4O3S2. The van der Waals surface area contributed by atoms with Crippen LogP contribution in [0.1, 0.15) is 6.92 Å². The normalized spacial score (nSPS) is 12.4. The van der Waals surface area contributed by atoms with E-state index in [0.717, 1.165) is 16.1 Å². The van der Waals surface area contributed by atoms with Crippen molar-refractivity contribution in [2.75, 3.05) is 15.9 Å². The van der Waals surface area contributed by atoms with E-state index in [1.807, 2.05) is 30.3 Å². The van der Waals surface area contributed by atoms with Gasteiger partial charge in [-0.1, -0.05) is 59.3 Å². The quantitative estimate of drug-likeness (QED) is 0.636. The van der Waals surface area contributed by atoms with Gasteiger partial charge in [-0.2, -0.15) is 0 Å². The van der Waals surface area contributed by atoms with E-state index >= 15 is 0 Å². The first-order valence-electron chi connectivity index (χ1n) is 8.20. The molecule has 0 saturated heterocycles. The van der Waals surface area contributed by atoms with E-state index in [0.29, 0.717) is 15.7 Å². The third-order valence-corrected chi connectivity index (χ3v) is 6.19. The van der Waals surface area contributed by atoms with E-state index in [1.165, 1.54) is 24.3 Å². The lowest BCUT2D eigenvalue weighted by atomic mass is 10.2. The Morgan fingerprint density at radius 1 is 1.14 bits per heavy atom. The smallest absolute Gasteiger partial charge is 0.249 e. The third-order valence-electron chi connectivity index (χ3n) is 3.83. The molecule has 0 radical (unpaired) electrons. The first-order valence-corrected chi connectivity index (χ1v) is 11.2. The highest BCUT2D eigenvalue weighted by atomic mass is 35.5. The van der Waals surface area contributed by atoms with E-state index < -0.39 is 22.0 Å². The molecule has 7 nitrogen and oxygen atoms in total. The lowest BCUT2D eigenvalue weighted by Crippen LogP contribution is -2.45. The maximum atomic E-state index is 12.7. The second kappa shape index (κ2) is 8.26. The lowest BCUT2D eigenvalue weighted by molar-refractivity contribution is -0.116. The van der Waals surface area contributed by atoms with Gasteiger partial charge in [-0.25, -0.2) is 8.42 Å².